The smallest absolute Gasteiger partial charge is 0.228 e. The summed E-state index contributed by atoms with van der Waals surface area (Å²) in [7, 11) is 0. The second-order valence-corrected chi connectivity index (χ2v) is 4.45. The summed E-state index contributed by atoms with van der Waals surface area (Å²) in [4.78, 5) is 27.3. The molecular weight excluding hydrogens is 228 g/mol. The van der Waals surface area contributed by atoms with E-state index in [1.165, 1.54) is 6.92 Å². The number of para-hydroxylation sites is 2. The van der Waals surface area contributed by atoms with Crippen molar-refractivity contribution in [3.05, 3.63) is 24.3 Å². The molecule has 1 aromatic carbocycles. The fourth-order valence-electron chi connectivity index (χ4n) is 2.31. The van der Waals surface area contributed by atoms with Gasteiger partial charge in [0.1, 0.15) is 0 Å². The minimum Gasteiger partial charge on any atom is -0.310 e. The largest absolute Gasteiger partial charge is 0.310 e. The Hall–Kier alpha value is -1.84. The molecule has 0 radical (unpaired) electrons. The van der Waals surface area contributed by atoms with Gasteiger partial charge in [-0.3, -0.25) is 9.59 Å². The topological polar surface area (TPSA) is 40.6 Å². The van der Waals surface area contributed by atoms with Gasteiger partial charge in [0.2, 0.25) is 11.8 Å². The van der Waals surface area contributed by atoms with E-state index in [4.69, 9.17) is 0 Å². The van der Waals surface area contributed by atoms with E-state index in [0.29, 0.717) is 19.5 Å². The average Bonchev–Trinajstić information content (AvgIpc) is 2.49. The van der Waals surface area contributed by atoms with Crippen molar-refractivity contribution in [1.29, 1.82) is 0 Å². The van der Waals surface area contributed by atoms with Crippen LogP contribution in [0.25, 0.3) is 0 Å². The zero-order chi connectivity index (χ0) is 13.1. The van der Waals surface area contributed by atoms with E-state index in [1.54, 1.807) is 9.80 Å². The summed E-state index contributed by atoms with van der Waals surface area (Å²) in [5, 5.41) is 0. The van der Waals surface area contributed by atoms with Crippen LogP contribution in [0, 0.1) is 0 Å². The molecule has 18 heavy (non-hydrogen) atoms. The zero-order valence-corrected chi connectivity index (χ0v) is 10.8. The first-order valence-corrected chi connectivity index (χ1v) is 6.32. The van der Waals surface area contributed by atoms with Crippen LogP contribution in [0.3, 0.4) is 0 Å². The normalized spacial score (nSPS) is 15.3. The molecule has 4 nitrogen and oxygen atoms in total. The third-order valence-corrected chi connectivity index (χ3v) is 3.14. The van der Waals surface area contributed by atoms with Crippen molar-refractivity contribution in [3.63, 3.8) is 0 Å². The lowest BCUT2D eigenvalue weighted by Gasteiger charge is -2.24. The molecule has 0 unspecified atom stereocenters. The van der Waals surface area contributed by atoms with Gasteiger partial charge in [0, 0.05) is 26.4 Å². The van der Waals surface area contributed by atoms with Crippen molar-refractivity contribution in [2.45, 2.75) is 26.7 Å². The van der Waals surface area contributed by atoms with Gasteiger partial charge in [-0.05, 0) is 18.6 Å². The third-order valence-electron chi connectivity index (χ3n) is 3.14. The molecule has 1 aromatic rings. The van der Waals surface area contributed by atoms with Crippen LogP contribution in [-0.4, -0.2) is 24.9 Å². The maximum Gasteiger partial charge on any atom is 0.228 e. The maximum atomic E-state index is 12.1. The average molecular weight is 246 g/mol. The number of amides is 2. The van der Waals surface area contributed by atoms with Gasteiger partial charge in [0.25, 0.3) is 0 Å². The van der Waals surface area contributed by atoms with Gasteiger partial charge in [0.05, 0.1) is 11.4 Å². The molecule has 1 aliphatic rings. The summed E-state index contributed by atoms with van der Waals surface area (Å²) in [5.74, 6) is 0.0710. The second-order valence-electron chi connectivity index (χ2n) is 4.45. The van der Waals surface area contributed by atoms with Crippen molar-refractivity contribution in [2.75, 3.05) is 22.9 Å². The van der Waals surface area contributed by atoms with E-state index in [-0.39, 0.29) is 11.8 Å². The van der Waals surface area contributed by atoms with E-state index < -0.39 is 0 Å². The predicted molar refractivity (Wildman–Crippen MR) is 71.7 cm³/mol. The van der Waals surface area contributed by atoms with Gasteiger partial charge in [-0.1, -0.05) is 19.1 Å². The van der Waals surface area contributed by atoms with Crippen molar-refractivity contribution < 1.29 is 9.59 Å². The highest BCUT2D eigenvalue weighted by Gasteiger charge is 2.26. The molecule has 0 aliphatic carbocycles. The number of carbonyl (C=O) groups excluding carboxylic acids is 2. The first kappa shape index (κ1) is 12.6. The highest BCUT2D eigenvalue weighted by Crippen LogP contribution is 2.32. The second kappa shape index (κ2) is 5.21. The molecule has 1 heterocycles. The van der Waals surface area contributed by atoms with Gasteiger partial charge < -0.3 is 9.80 Å². The molecule has 0 saturated carbocycles. The number of rotatable bonds is 2. The molecular formula is C14H18N2O2. The number of benzene rings is 1. The predicted octanol–water partition coefficient (Wildman–Crippen LogP) is 2.19. The summed E-state index contributed by atoms with van der Waals surface area (Å²) in [6.45, 7) is 4.74. The van der Waals surface area contributed by atoms with E-state index in [0.717, 1.165) is 17.8 Å². The summed E-state index contributed by atoms with van der Waals surface area (Å²) in [5.41, 5.74) is 1.68. The van der Waals surface area contributed by atoms with Crippen LogP contribution in [0.2, 0.25) is 0 Å². The lowest BCUT2D eigenvalue weighted by atomic mass is 10.2. The Kier molecular flexibility index (Phi) is 3.65. The Morgan fingerprint density at radius 1 is 1.28 bits per heavy atom. The standard InChI is InChI=1S/C14H18N2O2/c1-3-9-16-13-7-5-4-6-12(13)15(11(2)17)10-8-14(16)18/h4-7H,3,8-10H2,1-2H3. The van der Waals surface area contributed by atoms with Crippen LogP contribution in [0.4, 0.5) is 11.4 Å². The van der Waals surface area contributed by atoms with Gasteiger partial charge in [-0.25, -0.2) is 0 Å². The monoisotopic (exact) mass is 246 g/mol. The van der Waals surface area contributed by atoms with Crippen LogP contribution in [0.15, 0.2) is 24.3 Å². The summed E-state index contributed by atoms with van der Waals surface area (Å²) >= 11 is 0. The Labute approximate surface area is 107 Å². The minimum atomic E-state index is -0.0198. The van der Waals surface area contributed by atoms with Crippen LogP contribution in [0.5, 0.6) is 0 Å². The zero-order valence-electron chi connectivity index (χ0n) is 10.8. The van der Waals surface area contributed by atoms with E-state index in [1.807, 2.05) is 31.2 Å². The maximum absolute atomic E-state index is 12.1. The number of hydrogen-bond donors (Lipinski definition) is 0. The molecule has 0 saturated heterocycles. The van der Waals surface area contributed by atoms with E-state index >= 15 is 0 Å². The first-order valence-electron chi connectivity index (χ1n) is 6.32. The van der Waals surface area contributed by atoms with Gasteiger partial charge >= 0.3 is 0 Å². The van der Waals surface area contributed by atoms with Crippen molar-refractivity contribution in [2.24, 2.45) is 0 Å². The first-order chi connectivity index (χ1) is 8.65. The Morgan fingerprint density at radius 2 is 1.94 bits per heavy atom. The number of fused-ring (bicyclic) bond motifs is 1. The fourth-order valence-corrected chi connectivity index (χ4v) is 2.31. The fraction of sp³-hybridized carbons (Fsp3) is 0.429. The molecule has 0 atom stereocenters. The summed E-state index contributed by atoms with van der Waals surface area (Å²) in [6.07, 6.45) is 1.29. The molecule has 4 heteroatoms. The highest BCUT2D eigenvalue weighted by atomic mass is 16.2. The van der Waals surface area contributed by atoms with Crippen molar-refractivity contribution >= 4 is 23.2 Å². The Bertz CT molecular complexity index is 471. The molecule has 0 aromatic heterocycles. The highest BCUT2D eigenvalue weighted by molar-refractivity contribution is 6.04. The molecule has 0 fully saturated rings. The van der Waals surface area contributed by atoms with E-state index in [9.17, 15) is 9.59 Å². The SMILES string of the molecule is CCCN1C(=O)CCN(C(C)=O)c2ccccc21. The van der Waals surface area contributed by atoms with Crippen molar-refractivity contribution in [3.8, 4) is 0 Å². The molecule has 96 valence electrons. The number of hydrogen-bond acceptors (Lipinski definition) is 2. The molecule has 0 bridgehead atoms. The number of nitrogens with zero attached hydrogens (tertiary/aromatic N) is 2. The van der Waals surface area contributed by atoms with Crippen molar-refractivity contribution in [1.82, 2.24) is 0 Å². The van der Waals surface area contributed by atoms with E-state index in [2.05, 4.69) is 0 Å². The lowest BCUT2D eigenvalue weighted by molar-refractivity contribution is -0.118. The van der Waals surface area contributed by atoms with Crippen LogP contribution in [0.1, 0.15) is 26.7 Å². The van der Waals surface area contributed by atoms with Gasteiger partial charge in [-0.15, -0.1) is 0 Å². The molecule has 0 spiro atoms. The summed E-state index contributed by atoms with van der Waals surface area (Å²) in [6, 6.07) is 7.61. The third kappa shape index (κ3) is 2.23. The molecule has 0 N–H and O–H groups in total. The lowest BCUT2D eigenvalue weighted by Crippen LogP contribution is -2.31. The number of anilines is 2. The Morgan fingerprint density at radius 3 is 2.56 bits per heavy atom. The van der Waals surface area contributed by atoms with Crippen LogP contribution >= 0.6 is 0 Å². The molecule has 2 rings (SSSR count). The van der Waals surface area contributed by atoms with Gasteiger partial charge in [0.15, 0.2) is 0 Å². The molecule has 1 aliphatic heterocycles. The molecule has 2 amide bonds. The number of carbonyl (C=O) groups is 2. The van der Waals surface area contributed by atoms with Crippen LogP contribution in [-0.2, 0) is 9.59 Å². The Balaban J connectivity index is 2.49. The van der Waals surface area contributed by atoms with Gasteiger partial charge in [-0.2, -0.15) is 0 Å². The quantitative estimate of drug-likeness (QED) is 0.802. The summed E-state index contributed by atoms with van der Waals surface area (Å²) < 4.78 is 0. The minimum absolute atomic E-state index is 0.0198. The van der Waals surface area contributed by atoms with Crippen LogP contribution < -0.4 is 9.80 Å².